The predicted octanol–water partition coefficient (Wildman–Crippen LogP) is 4.46. The first-order valence-corrected chi connectivity index (χ1v) is 8.27. The highest BCUT2D eigenvalue weighted by Crippen LogP contribution is 2.24. The van der Waals surface area contributed by atoms with Gasteiger partial charge in [-0.1, -0.05) is 11.6 Å². The number of thioether (sulfide) groups is 1. The van der Waals surface area contributed by atoms with Crippen molar-refractivity contribution in [1.82, 2.24) is 9.97 Å². The molecule has 6 heteroatoms. The van der Waals surface area contributed by atoms with Gasteiger partial charge in [-0.2, -0.15) is 0 Å². The van der Waals surface area contributed by atoms with Gasteiger partial charge in [-0.05, 0) is 53.8 Å². The molecule has 1 aromatic heterocycles. The second kappa shape index (κ2) is 7.31. The van der Waals surface area contributed by atoms with Gasteiger partial charge in [-0.3, -0.25) is 0 Å². The molecule has 3 nitrogen and oxygen atoms in total. The average Bonchev–Trinajstić information content (AvgIpc) is 2.42. The third-order valence-corrected chi connectivity index (χ3v) is 4.37. The monoisotopic (exact) mass is 405 g/mol. The second-order valence-corrected chi connectivity index (χ2v) is 6.40. The summed E-state index contributed by atoms with van der Waals surface area (Å²) in [5, 5.41) is 3.99. The number of hydrogen-bond acceptors (Lipinski definition) is 4. The van der Waals surface area contributed by atoms with Gasteiger partial charge in [0.05, 0.1) is 9.32 Å². The number of benzene rings is 1. The van der Waals surface area contributed by atoms with Gasteiger partial charge in [0.2, 0.25) is 0 Å². The zero-order valence-electron chi connectivity index (χ0n) is 10.4. The lowest BCUT2D eigenvalue weighted by Crippen LogP contribution is -2.05. The van der Waals surface area contributed by atoms with Crippen molar-refractivity contribution in [3.63, 3.8) is 0 Å². The second-order valence-electron chi connectivity index (χ2n) is 3.76. The van der Waals surface area contributed by atoms with Crippen molar-refractivity contribution in [3.05, 3.63) is 44.9 Å². The van der Waals surface area contributed by atoms with Crippen LogP contribution in [0.5, 0.6) is 0 Å². The molecule has 0 aliphatic rings. The van der Waals surface area contributed by atoms with Crippen LogP contribution in [0.4, 0.5) is 5.82 Å². The van der Waals surface area contributed by atoms with Crippen molar-refractivity contribution in [2.75, 3.05) is 11.9 Å². The Morgan fingerprint density at radius 3 is 2.74 bits per heavy atom. The van der Waals surface area contributed by atoms with Crippen molar-refractivity contribution in [3.8, 4) is 0 Å². The van der Waals surface area contributed by atoms with E-state index in [4.69, 9.17) is 11.6 Å². The lowest BCUT2D eigenvalue weighted by molar-refractivity contribution is 1.01. The Kier molecular flexibility index (Phi) is 5.72. The Balaban J connectivity index is 2.03. The maximum atomic E-state index is 5.86. The fourth-order valence-electron chi connectivity index (χ4n) is 1.44. The van der Waals surface area contributed by atoms with Crippen LogP contribution in [-0.2, 0) is 5.75 Å². The highest BCUT2D eigenvalue weighted by Gasteiger charge is 2.05. The molecule has 0 atom stereocenters. The van der Waals surface area contributed by atoms with E-state index in [2.05, 4.69) is 44.8 Å². The summed E-state index contributed by atoms with van der Waals surface area (Å²) in [4.78, 5) is 10.0. The summed E-state index contributed by atoms with van der Waals surface area (Å²) in [5.41, 5.74) is 0. The van der Waals surface area contributed by atoms with Gasteiger partial charge >= 0.3 is 0 Å². The summed E-state index contributed by atoms with van der Waals surface area (Å²) in [6.07, 6.45) is 1.85. The number of halogens is 2. The predicted molar refractivity (Wildman–Crippen MR) is 89.9 cm³/mol. The Morgan fingerprint density at radius 1 is 1.32 bits per heavy atom. The number of anilines is 1. The van der Waals surface area contributed by atoms with Crippen molar-refractivity contribution in [1.29, 1.82) is 0 Å². The Bertz CT molecular complexity index is 548. The van der Waals surface area contributed by atoms with Gasteiger partial charge in [0, 0.05) is 22.7 Å². The number of hydrogen-bond donors (Lipinski definition) is 1. The first-order valence-electron chi connectivity index (χ1n) is 5.82. The average molecular weight is 406 g/mol. The number of nitrogens with zero attached hydrogens (tertiary/aromatic N) is 2. The highest BCUT2D eigenvalue weighted by atomic mass is 127. The van der Waals surface area contributed by atoms with Crippen LogP contribution in [0.2, 0.25) is 5.02 Å². The van der Waals surface area contributed by atoms with E-state index in [1.54, 1.807) is 11.8 Å². The maximum absolute atomic E-state index is 5.86. The normalized spacial score (nSPS) is 10.5. The van der Waals surface area contributed by atoms with E-state index in [1.165, 1.54) is 0 Å². The molecular formula is C13H13ClIN3S. The summed E-state index contributed by atoms with van der Waals surface area (Å²) < 4.78 is 1.04. The molecule has 0 fully saturated rings. The van der Waals surface area contributed by atoms with E-state index >= 15 is 0 Å². The van der Waals surface area contributed by atoms with Crippen LogP contribution in [-0.4, -0.2) is 16.5 Å². The van der Waals surface area contributed by atoms with Crippen LogP contribution in [0, 0.1) is 3.57 Å². The fourth-order valence-corrected chi connectivity index (χ4v) is 2.78. The summed E-state index contributed by atoms with van der Waals surface area (Å²) in [5.74, 6) is 2.48. The molecule has 1 heterocycles. The molecule has 1 N–H and O–H groups in total. The van der Waals surface area contributed by atoms with E-state index in [0.717, 1.165) is 37.4 Å². The van der Waals surface area contributed by atoms with Crippen LogP contribution >= 0.6 is 46.0 Å². The maximum Gasteiger partial charge on any atom is 0.143 e. The summed E-state index contributed by atoms with van der Waals surface area (Å²) >= 11 is 9.79. The van der Waals surface area contributed by atoms with Gasteiger partial charge in [0.15, 0.2) is 0 Å². The number of aromatic nitrogens is 2. The lowest BCUT2D eigenvalue weighted by Gasteiger charge is -2.07. The minimum absolute atomic E-state index is 0.747. The molecule has 2 rings (SSSR count). The molecule has 0 bridgehead atoms. The van der Waals surface area contributed by atoms with Gasteiger partial charge in [-0.15, -0.1) is 11.8 Å². The number of rotatable bonds is 5. The van der Waals surface area contributed by atoms with E-state index in [-0.39, 0.29) is 0 Å². The third kappa shape index (κ3) is 4.50. The zero-order chi connectivity index (χ0) is 13.7. The fraction of sp³-hybridized carbons (Fsp3) is 0.231. The first kappa shape index (κ1) is 14.9. The van der Waals surface area contributed by atoms with Crippen LogP contribution in [0.25, 0.3) is 0 Å². The van der Waals surface area contributed by atoms with Crippen LogP contribution < -0.4 is 5.32 Å². The molecule has 0 radical (unpaired) electrons. The van der Waals surface area contributed by atoms with Crippen LogP contribution in [0.3, 0.4) is 0 Å². The minimum atomic E-state index is 0.747. The molecule has 0 amide bonds. The van der Waals surface area contributed by atoms with E-state index in [1.807, 2.05) is 30.5 Å². The molecule has 0 unspecified atom stereocenters. The van der Waals surface area contributed by atoms with Gasteiger partial charge < -0.3 is 5.32 Å². The summed E-state index contributed by atoms with van der Waals surface area (Å²) in [6, 6.07) is 7.79. The van der Waals surface area contributed by atoms with Gasteiger partial charge in [0.1, 0.15) is 11.6 Å². The highest BCUT2D eigenvalue weighted by molar-refractivity contribution is 14.1. The molecular weight excluding hydrogens is 393 g/mol. The van der Waals surface area contributed by atoms with Crippen molar-refractivity contribution < 1.29 is 0 Å². The standard InChI is InChI=1S/C13H13ClIN3S/c1-2-16-13-11(15)7-17-12(18-13)8-19-10-5-3-9(14)4-6-10/h3-7H,2,8H2,1H3,(H,16,17,18). The molecule has 1 aromatic carbocycles. The molecule has 0 spiro atoms. The first-order chi connectivity index (χ1) is 9.19. The molecule has 0 aliphatic heterocycles. The Morgan fingerprint density at radius 2 is 2.05 bits per heavy atom. The molecule has 19 heavy (non-hydrogen) atoms. The van der Waals surface area contributed by atoms with E-state index < -0.39 is 0 Å². The van der Waals surface area contributed by atoms with E-state index in [0.29, 0.717) is 0 Å². The zero-order valence-corrected chi connectivity index (χ0v) is 14.1. The molecule has 0 aliphatic carbocycles. The third-order valence-electron chi connectivity index (χ3n) is 2.32. The summed E-state index contributed by atoms with van der Waals surface area (Å²) in [7, 11) is 0. The SMILES string of the molecule is CCNc1nc(CSc2ccc(Cl)cc2)ncc1I. The lowest BCUT2D eigenvalue weighted by atomic mass is 10.4. The Hall–Kier alpha value is -0.530. The van der Waals surface area contributed by atoms with Gasteiger partial charge in [-0.25, -0.2) is 9.97 Å². The van der Waals surface area contributed by atoms with Crippen LogP contribution in [0.1, 0.15) is 12.7 Å². The van der Waals surface area contributed by atoms with Crippen molar-refractivity contribution in [2.24, 2.45) is 0 Å². The molecule has 0 saturated heterocycles. The topological polar surface area (TPSA) is 37.8 Å². The van der Waals surface area contributed by atoms with Gasteiger partial charge in [0.25, 0.3) is 0 Å². The molecule has 0 saturated carbocycles. The van der Waals surface area contributed by atoms with E-state index in [9.17, 15) is 0 Å². The number of nitrogens with one attached hydrogen (secondary N) is 1. The minimum Gasteiger partial charge on any atom is -0.369 e. The Labute approximate surface area is 135 Å². The van der Waals surface area contributed by atoms with Crippen LogP contribution in [0.15, 0.2) is 35.4 Å². The smallest absolute Gasteiger partial charge is 0.143 e. The largest absolute Gasteiger partial charge is 0.369 e. The quantitative estimate of drug-likeness (QED) is 0.589. The van der Waals surface area contributed by atoms with Crippen molar-refractivity contribution in [2.45, 2.75) is 17.6 Å². The summed E-state index contributed by atoms with van der Waals surface area (Å²) in [6.45, 7) is 2.91. The molecule has 2 aromatic rings. The molecule has 100 valence electrons. The van der Waals surface area contributed by atoms with Crippen molar-refractivity contribution >= 4 is 51.8 Å².